The molecule has 1 saturated heterocycles. The van der Waals surface area contributed by atoms with Gasteiger partial charge in [-0.15, -0.1) is 11.3 Å². The fourth-order valence-corrected chi connectivity index (χ4v) is 5.51. The molecule has 2 aromatic heterocycles. The van der Waals surface area contributed by atoms with E-state index in [0.717, 1.165) is 71.6 Å². The Balaban J connectivity index is 1.44. The molecular weight excluding hydrogens is 408 g/mol. The fourth-order valence-electron chi connectivity index (χ4n) is 4.37. The third-order valence-electron chi connectivity index (χ3n) is 6.34. The standard InChI is InChI=1S/C24H26N4O2S/c1-13-17(24(30)28-11-4-5-12-28)7-6-8-18(13)26-22(29)20-14(2)19-15(3)25-21(16-9-10-16)27-23(19)31-20/h6-8,16H,4-5,9-12H2,1-3H3,(H,26,29). The van der Waals surface area contributed by atoms with Gasteiger partial charge < -0.3 is 10.2 Å². The lowest BCUT2D eigenvalue weighted by atomic mass is 10.1. The van der Waals surface area contributed by atoms with Crippen molar-refractivity contribution in [3.8, 4) is 0 Å². The number of likely N-dealkylation sites (tertiary alicyclic amines) is 1. The molecule has 0 spiro atoms. The van der Waals surface area contributed by atoms with Crippen LogP contribution in [0.1, 0.15) is 74.3 Å². The van der Waals surface area contributed by atoms with Gasteiger partial charge in [0, 0.05) is 35.6 Å². The Bertz CT molecular complexity index is 1210. The average Bonchev–Trinajstić information content (AvgIpc) is 3.34. The molecule has 2 aliphatic rings. The Morgan fingerprint density at radius 2 is 1.81 bits per heavy atom. The lowest BCUT2D eigenvalue weighted by Gasteiger charge is -2.18. The van der Waals surface area contributed by atoms with E-state index in [0.29, 0.717) is 22.0 Å². The minimum atomic E-state index is -0.165. The summed E-state index contributed by atoms with van der Waals surface area (Å²) in [7, 11) is 0. The van der Waals surface area contributed by atoms with Crippen LogP contribution in [0.2, 0.25) is 0 Å². The van der Waals surface area contributed by atoms with Gasteiger partial charge in [-0.3, -0.25) is 9.59 Å². The summed E-state index contributed by atoms with van der Waals surface area (Å²) in [6.45, 7) is 7.46. The van der Waals surface area contributed by atoms with Gasteiger partial charge in [0.25, 0.3) is 11.8 Å². The molecule has 0 radical (unpaired) electrons. The van der Waals surface area contributed by atoms with E-state index in [-0.39, 0.29) is 11.8 Å². The Morgan fingerprint density at radius 3 is 2.52 bits per heavy atom. The zero-order valence-electron chi connectivity index (χ0n) is 18.1. The topological polar surface area (TPSA) is 75.2 Å². The SMILES string of the molecule is Cc1c(NC(=O)c2sc3nc(C4CC4)nc(C)c3c2C)cccc1C(=O)N1CCCC1. The lowest BCUT2D eigenvalue weighted by Crippen LogP contribution is -2.28. The van der Waals surface area contributed by atoms with E-state index in [1.807, 2.05) is 43.9 Å². The van der Waals surface area contributed by atoms with Gasteiger partial charge in [0.1, 0.15) is 10.7 Å². The summed E-state index contributed by atoms with van der Waals surface area (Å²) in [6.07, 6.45) is 4.40. The van der Waals surface area contributed by atoms with E-state index < -0.39 is 0 Å². The zero-order chi connectivity index (χ0) is 21.7. The second kappa shape index (κ2) is 7.71. The van der Waals surface area contributed by atoms with Gasteiger partial charge in [-0.05, 0) is 69.7 Å². The molecule has 31 heavy (non-hydrogen) atoms. The first-order valence-corrected chi connectivity index (χ1v) is 11.7. The van der Waals surface area contributed by atoms with E-state index in [4.69, 9.17) is 4.98 Å². The molecule has 1 aliphatic heterocycles. The first kappa shape index (κ1) is 20.1. The maximum atomic E-state index is 13.2. The van der Waals surface area contributed by atoms with Gasteiger partial charge in [0.2, 0.25) is 0 Å². The fraction of sp³-hybridized carbons (Fsp3) is 0.417. The normalized spacial score (nSPS) is 16.2. The Kier molecular flexibility index (Phi) is 5.01. The van der Waals surface area contributed by atoms with Crippen LogP contribution in [0.15, 0.2) is 18.2 Å². The number of amides is 2. The van der Waals surface area contributed by atoms with Crippen molar-refractivity contribution in [1.29, 1.82) is 0 Å². The molecule has 1 saturated carbocycles. The monoisotopic (exact) mass is 434 g/mol. The van der Waals surface area contributed by atoms with Crippen LogP contribution in [0.5, 0.6) is 0 Å². The van der Waals surface area contributed by atoms with Crippen molar-refractivity contribution in [2.45, 2.75) is 52.4 Å². The highest BCUT2D eigenvalue weighted by atomic mass is 32.1. The number of nitrogens with one attached hydrogen (secondary N) is 1. The van der Waals surface area contributed by atoms with E-state index in [2.05, 4.69) is 10.3 Å². The summed E-state index contributed by atoms with van der Waals surface area (Å²) in [5, 5.41) is 4.02. The molecule has 1 aliphatic carbocycles. The molecule has 0 bridgehead atoms. The zero-order valence-corrected chi connectivity index (χ0v) is 18.9. The first-order chi connectivity index (χ1) is 14.9. The third kappa shape index (κ3) is 3.61. The Morgan fingerprint density at radius 1 is 1.06 bits per heavy atom. The summed E-state index contributed by atoms with van der Waals surface area (Å²) >= 11 is 1.42. The molecule has 160 valence electrons. The number of rotatable bonds is 4. The molecule has 3 heterocycles. The molecule has 6 nitrogen and oxygen atoms in total. The Labute approximate surface area is 185 Å². The summed E-state index contributed by atoms with van der Waals surface area (Å²) in [5.74, 6) is 1.26. The highest BCUT2D eigenvalue weighted by molar-refractivity contribution is 7.20. The van der Waals surface area contributed by atoms with Crippen molar-refractivity contribution in [3.05, 3.63) is 51.3 Å². The number of nitrogens with zero attached hydrogens (tertiary/aromatic N) is 3. The van der Waals surface area contributed by atoms with Gasteiger partial charge in [0.05, 0.1) is 10.6 Å². The number of benzene rings is 1. The number of aromatic nitrogens is 2. The molecular formula is C24H26N4O2S. The van der Waals surface area contributed by atoms with Gasteiger partial charge >= 0.3 is 0 Å². The maximum Gasteiger partial charge on any atom is 0.266 e. The number of fused-ring (bicyclic) bond motifs is 1. The van der Waals surface area contributed by atoms with E-state index in [9.17, 15) is 9.59 Å². The average molecular weight is 435 g/mol. The quantitative estimate of drug-likeness (QED) is 0.628. The van der Waals surface area contributed by atoms with E-state index in [1.54, 1.807) is 0 Å². The van der Waals surface area contributed by atoms with Crippen LogP contribution in [0, 0.1) is 20.8 Å². The highest BCUT2D eigenvalue weighted by Crippen LogP contribution is 2.40. The number of carbonyl (C=O) groups excluding carboxylic acids is 2. The number of carbonyl (C=O) groups is 2. The number of hydrogen-bond donors (Lipinski definition) is 1. The van der Waals surface area contributed by atoms with Crippen molar-refractivity contribution >= 4 is 39.1 Å². The summed E-state index contributed by atoms with van der Waals surface area (Å²) in [4.78, 5) is 38.9. The van der Waals surface area contributed by atoms with Crippen molar-refractivity contribution in [3.63, 3.8) is 0 Å². The van der Waals surface area contributed by atoms with Gasteiger partial charge in [-0.25, -0.2) is 9.97 Å². The van der Waals surface area contributed by atoms with Crippen LogP contribution < -0.4 is 5.32 Å². The first-order valence-electron chi connectivity index (χ1n) is 10.9. The van der Waals surface area contributed by atoms with Crippen molar-refractivity contribution in [2.75, 3.05) is 18.4 Å². The van der Waals surface area contributed by atoms with Gasteiger partial charge in [-0.1, -0.05) is 6.07 Å². The van der Waals surface area contributed by atoms with Crippen LogP contribution in [-0.2, 0) is 0 Å². The molecule has 0 atom stereocenters. The minimum absolute atomic E-state index is 0.0441. The summed E-state index contributed by atoms with van der Waals surface area (Å²) < 4.78 is 0. The molecule has 1 aromatic carbocycles. The molecule has 5 rings (SSSR count). The van der Waals surface area contributed by atoms with Crippen LogP contribution in [0.25, 0.3) is 10.2 Å². The second-order valence-electron chi connectivity index (χ2n) is 8.61. The molecule has 0 unspecified atom stereocenters. The third-order valence-corrected chi connectivity index (χ3v) is 7.53. The smallest absolute Gasteiger partial charge is 0.266 e. The minimum Gasteiger partial charge on any atom is -0.339 e. The van der Waals surface area contributed by atoms with E-state index >= 15 is 0 Å². The number of hydrogen-bond acceptors (Lipinski definition) is 5. The Hall–Kier alpha value is -2.80. The molecule has 2 amide bonds. The maximum absolute atomic E-state index is 13.2. The van der Waals surface area contributed by atoms with Crippen LogP contribution in [0.4, 0.5) is 5.69 Å². The highest BCUT2D eigenvalue weighted by Gasteiger charge is 2.29. The number of anilines is 1. The molecule has 2 fully saturated rings. The number of thiophene rings is 1. The second-order valence-corrected chi connectivity index (χ2v) is 9.61. The largest absolute Gasteiger partial charge is 0.339 e. The van der Waals surface area contributed by atoms with Gasteiger partial charge in [0.15, 0.2) is 0 Å². The predicted octanol–water partition coefficient (Wildman–Crippen LogP) is 4.98. The van der Waals surface area contributed by atoms with Crippen LogP contribution in [-0.4, -0.2) is 39.8 Å². The van der Waals surface area contributed by atoms with Gasteiger partial charge in [-0.2, -0.15) is 0 Å². The summed E-state index contributed by atoms with van der Waals surface area (Å²) in [5.41, 5.74) is 3.99. The molecule has 1 N–H and O–H groups in total. The van der Waals surface area contributed by atoms with Crippen molar-refractivity contribution in [2.24, 2.45) is 0 Å². The number of aryl methyl sites for hydroxylation is 2. The molecule has 3 aromatic rings. The van der Waals surface area contributed by atoms with Crippen molar-refractivity contribution in [1.82, 2.24) is 14.9 Å². The summed E-state index contributed by atoms with van der Waals surface area (Å²) in [6, 6.07) is 5.53. The van der Waals surface area contributed by atoms with Crippen molar-refractivity contribution < 1.29 is 9.59 Å². The molecule has 7 heteroatoms. The van der Waals surface area contributed by atoms with Crippen LogP contribution in [0.3, 0.4) is 0 Å². The predicted molar refractivity (Wildman–Crippen MR) is 123 cm³/mol. The van der Waals surface area contributed by atoms with Crippen LogP contribution >= 0.6 is 11.3 Å². The lowest BCUT2D eigenvalue weighted by molar-refractivity contribution is 0.0791. The van der Waals surface area contributed by atoms with E-state index in [1.165, 1.54) is 11.3 Å².